The van der Waals surface area contributed by atoms with Crippen LogP contribution in [0.2, 0.25) is 0 Å². The van der Waals surface area contributed by atoms with Gasteiger partial charge in [0.25, 0.3) is 5.91 Å². The van der Waals surface area contributed by atoms with E-state index in [-0.39, 0.29) is 18.6 Å². The molecule has 2 rings (SSSR count). The van der Waals surface area contributed by atoms with Crippen LogP contribution in [-0.4, -0.2) is 30.4 Å². The SMILES string of the molecule is CCCOc1ccc(C(=O)CCC(=O)OC(C)C(=O)Nc2c(C)cc(C)cc2C)cc1. The molecule has 1 amide bonds. The number of rotatable bonds is 10. The molecule has 2 aromatic rings. The van der Waals surface area contributed by atoms with Crippen molar-refractivity contribution in [3.05, 3.63) is 58.7 Å². The molecule has 1 atom stereocenters. The number of benzene rings is 2. The van der Waals surface area contributed by atoms with Crippen LogP contribution in [0.5, 0.6) is 5.75 Å². The van der Waals surface area contributed by atoms with Gasteiger partial charge in [-0.1, -0.05) is 24.6 Å². The molecular formula is C25H31NO5. The van der Waals surface area contributed by atoms with Crippen molar-refractivity contribution in [3.8, 4) is 5.75 Å². The third-order valence-electron chi connectivity index (χ3n) is 4.81. The summed E-state index contributed by atoms with van der Waals surface area (Å²) in [5.41, 5.74) is 4.23. The predicted molar refractivity (Wildman–Crippen MR) is 121 cm³/mol. The Morgan fingerprint density at radius 1 is 0.968 bits per heavy atom. The van der Waals surface area contributed by atoms with Crippen LogP contribution in [-0.2, 0) is 14.3 Å². The number of esters is 1. The standard InChI is InChI=1S/C25H31NO5/c1-6-13-30-21-9-7-20(8-10-21)22(27)11-12-23(28)31-19(5)25(29)26-24-17(3)14-16(2)15-18(24)4/h7-10,14-15,19H,6,11-13H2,1-5H3,(H,26,29). The number of nitrogens with one attached hydrogen (secondary N) is 1. The number of hydrogen-bond acceptors (Lipinski definition) is 5. The highest BCUT2D eigenvalue weighted by molar-refractivity contribution is 5.98. The van der Waals surface area contributed by atoms with E-state index in [0.717, 1.165) is 28.8 Å². The fourth-order valence-corrected chi connectivity index (χ4v) is 3.23. The molecule has 0 aliphatic heterocycles. The number of anilines is 1. The first-order valence-corrected chi connectivity index (χ1v) is 10.6. The molecule has 0 spiro atoms. The predicted octanol–water partition coefficient (Wildman–Crippen LogP) is 4.93. The maximum atomic E-state index is 12.4. The van der Waals surface area contributed by atoms with Gasteiger partial charge in [0.05, 0.1) is 13.0 Å². The molecular weight excluding hydrogens is 394 g/mol. The zero-order valence-electron chi connectivity index (χ0n) is 18.9. The maximum absolute atomic E-state index is 12.4. The molecule has 6 nitrogen and oxygen atoms in total. The Hall–Kier alpha value is -3.15. The van der Waals surface area contributed by atoms with Crippen molar-refractivity contribution in [1.82, 2.24) is 0 Å². The van der Waals surface area contributed by atoms with Crippen molar-refractivity contribution in [1.29, 1.82) is 0 Å². The van der Waals surface area contributed by atoms with Gasteiger partial charge in [0, 0.05) is 17.7 Å². The molecule has 1 N–H and O–H groups in total. The quantitative estimate of drug-likeness (QED) is 0.431. The van der Waals surface area contributed by atoms with E-state index < -0.39 is 18.0 Å². The normalized spacial score (nSPS) is 11.5. The number of hydrogen-bond donors (Lipinski definition) is 1. The van der Waals surface area contributed by atoms with Crippen molar-refractivity contribution in [2.24, 2.45) is 0 Å². The zero-order chi connectivity index (χ0) is 23.0. The summed E-state index contributed by atoms with van der Waals surface area (Å²) in [6.07, 6.45) is -0.132. The van der Waals surface area contributed by atoms with E-state index in [2.05, 4.69) is 5.32 Å². The summed E-state index contributed by atoms with van der Waals surface area (Å²) in [5.74, 6) is -0.452. The van der Waals surface area contributed by atoms with Gasteiger partial charge in [-0.05, 0) is 69.5 Å². The summed E-state index contributed by atoms with van der Waals surface area (Å²) in [5, 5.41) is 2.83. The van der Waals surface area contributed by atoms with Crippen LogP contribution in [0.25, 0.3) is 0 Å². The smallest absolute Gasteiger partial charge is 0.307 e. The van der Waals surface area contributed by atoms with Crippen LogP contribution in [0, 0.1) is 20.8 Å². The molecule has 0 fully saturated rings. The zero-order valence-corrected chi connectivity index (χ0v) is 18.9. The molecule has 6 heteroatoms. The van der Waals surface area contributed by atoms with Crippen molar-refractivity contribution < 1.29 is 23.9 Å². The van der Waals surface area contributed by atoms with Crippen molar-refractivity contribution in [2.45, 2.75) is 60.0 Å². The number of ketones is 1. The Labute approximate surface area is 183 Å². The van der Waals surface area contributed by atoms with E-state index in [4.69, 9.17) is 9.47 Å². The van der Waals surface area contributed by atoms with E-state index in [9.17, 15) is 14.4 Å². The van der Waals surface area contributed by atoms with Crippen molar-refractivity contribution in [2.75, 3.05) is 11.9 Å². The fourth-order valence-electron chi connectivity index (χ4n) is 3.23. The second-order valence-corrected chi connectivity index (χ2v) is 7.69. The van der Waals surface area contributed by atoms with Gasteiger partial charge in [-0.25, -0.2) is 0 Å². The van der Waals surface area contributed by atoms with Crippen LogP contribution in [0.1, 0.15) is 60.2 Å². The second kappa shape index (κ2) is 11.3. The van der Waals surface area contributed by atoms with Gasteiger partial charge in [-0.2, -0.15) is 0 Å². The third-order valence-corrected chi connectivity index (χ3v) is 4.81. The van der Waals surface area contributed by atoms with E-state index >= 15 is 0 Å². The average Bonchev–Trinajstić information content (AvgIpc) is 2.73. The number of carbonyl (C=O) groups is 3. The summed E-state index contributed by atoms with van der Waals surface area (Å²) >= 11 is 0. The third kappa shape index (κ3) is 7.24. The molecule has 0 aliphatic carbocycles. The van der Waals surface area contributed by atoms with E-state index in [1.54, 1.807) is 24.3 Å². The summed E-state index contributed by atoms with van der Waals surface area (Å²) in [7, 11) is 0. The lowest BCUT2D eigenvalue weighted by atomic mass is 10.0. The Bertz CT molecular complexity index is 910. The minimum atomic E-state index is -0.960. The molecule has 0 heterocycles. The molecule has 0 aromatic heterocycles. The summed E-state index contributed by atoms with van der Waals surface area (Å²) in [6.45, 7) is 9.98. The molecule has 0 aliphatic rings. The van der Waals surface area contributed by atoms with Crippen LogP contribution in [0.15, 0.2) is 36.4 Å². The average molecular weight is 426 g/mol. The lowest BCUT2D eigenvalue weighted by Gasteiger charge is -2.17. The largest absolute Gasteiger partial charge is 0.494 e. The van der Waals surface area contributed by atoms with Gasteiger partial charge < -0.3 is 14.8 Å². The van der Waals surface area contributed by atoms with Crippen molar-refractivity contribution >= 4 is 23.3 Å². The highest BCUT2D eigenvalue weighted by atomic mass is 16.5. The fraction of sp³-hybridized carbons (Fsp3) is 0.400. The summed E-state index contributed by atoms with van der Waals surface area (Å²) in [6, 6.07) is 10.8. The van der Waals surface area contributed by atoms with E-state index in [0.29, 0.717) is 17.9 Å². The van der Waals surface area contributed by atoms with E-state index in [1.165, 1.54) is 6.92 Å². The molecule has 0 saturated carbocycles. The lowest BCUT2D eigenvalue weighted by Crippen LogP contribution is -2.30. The first-order chi connectivity index (χ1) is 14.7. The number of amides is 1. The number of carbonyl (C=O) groups excluding carboxylic acids is 3. The molecule has 2 aromatic carbocycles. The highest BCUT2D eigenvalue weighted by Crippen LogP contribution is 2.22. The Balaban J connectivity index is 1.83. The first-order valence-electron chi connectivity index (χ1n) is 10.6. The van der Waals surface area contributed by atoms with Crippen LogP contribution in [0.3, 0.4) is 0 Å². The maximum Gasteiger partial charge on any atom is 0.307 e. The van der Waals surface area contributed by atoms with Gasteiger partial charge >= 0.3 is 5.97 Å². The van der Waals surface area contributed by atoms with Gasteiger partial charge in [-0.3, -0.25) is 14.4 Å². The monoisotopic (exact) mass is 425 g/mol. The lowest BCUT2D eigenvalue weighted by molar-refractivity contribution is -0.153. The molecule has 1 unspecified atom stereocenters. The molecule has 31 heavy (non-hydrogen) atoms. The highest BCUT2D eigenvalue weighted by Gasteiger charge is 2.20. The minimum Gasteiger partial charge on any atom is -0.494 e. The van der Waals surface area contributed by atoms with Gasteiger partial charge in [-0.15, -0.1) is 0 Å². The van der Waals surface area contributed by atoms with Crippen LogP contribution < -0.4 is 10.1 Å². The van der Waals surface area contributed by atoms with E-state index in [1.807, 2.05) is 39.8 Å². The molecule has 0 radical (unpaired) electrons. The molecule has 0 bridgehead atoms. The number of ether oxygens (including phenoxy) is 2. The Morgan fingerprint density at radius 2 is 1.58 bits per heavy atom. The first kappa shape index (κ1) is 24.1. The van der Waals surface area contributed by atoms with Crippen LogP contribution in [0.4, 0.5) is 5.69 Å². The number of aryl methyl sites for hydroxylation is 3. The van der Waals surface area contributed by atoms with Gasteiger partial charge in [0.1, 0.15) is 5.75 Å². The van der Waals surface area contributed by atoms with Crippen molar-refractivity contribution in [3.63, 3.8) is 0 Å². The second-order valence-electron chi connectivity index (χ2n) is 7.69. The Kier molecular flexibility index (Phi) is 8.79. The summed E-state index contributed by atoms with van der Waals surface area (Å²) in [4.78, 5) is 36.9. The molecule has 166 valence electrons. The molecule has 0 saturated heterocycles. The van der Waals surface area contributed by atoms with Gasteiger partial charge in [0.2, 0.25) is 0 Å². The van der Waals surface area contributed by atoms with Gasteiger partial charge in [0.15, 0.2) is 11.9 Å². The topological polar surface area (TPSA) is 81.7 Å². The Morgan fingerprint density at radius 3 is 2.16 bits per heavy atom. The van der Waals surface area contributed by atoms with Crippen LogP contribution >= 0.6 is 0 Å². The summed E-state index contributed by atoms with van der Waals surface area (Å²) < 4.78 is 10.7. The minimum absolute atomic E-state index is 0.0124. The number of Topliss-reactive ketones (excluding diaryl/α,β-unsaturated/α-hetero) is 1.